The zero-order valence-electron chi connectivity index (χ0n) is 11.1. The zero-order valence-corrected chi connectivity index (χ0v) is 11.1. The molecule has 21 heavy (non-hydrogen) atoms. The van der Waals surface area contributed by atoms with Gasteiger partial charge in [-0.15, -0.1) is 0 Å². The molecule has 3 rings (SSSR count). The van der Waals surface area contributed by atoms with Crippen LogP contribution in [0.3, 0.4) is 0 Å². The van der Waals surface area contributed by atoms with Crippen molar-refractivity contribution in [2.75, 3.05) is 5.32 Å². The SMILES string of the molecule is O=[N+]([O-])c1ccc(CNc2cnc3ccccc3n2)cc1. The van der Waals surface area contributed by atoms with E-state index in [1.165, 1.54) is 12.1 Å². The van der Waals surface area contributed by atoms with Crippen molar-refractivity contribution in [1.29, 1.82) is 0 Å². The number of anilines is 1. The van der Waals surface area contributed by atoms with Crippen LogP contribution in [0.5, 0.6) is 0 Å². The van der Waals surface area contributed by atoms with Gasteiger partial charge < -0.3 is 5.32 Å². The van der Waals surface area contributed by atoms with Crippen LogP contribution in [0.2, 0.25) is 0 Å². The topological polar surface area (TPSA) is 81.0 Å². The maximum atomic E-state index is 10.6. The summed E-state index contributed by atoms with van der Waals surface area (Å²) in [5, 5.41) is 13.7. The lowest BCUT2D eigenvalue weighted by Gasteiger charge is -2.06. The summed E-state index contributed by atoms with van der Waals surface area (Å²) >= 11 is 0. The largest absolute Gasteiger partial charge is 0.365 e. The standard InChI is InChI=1S/C15H12N4O2/c20-19(21)12-7-5-11(6-8-12)9-17-15-10-16-13-3-1-2-4-14(13)18-15/h1-8,10H,9H2,(H,17,18). The van der Waals surface area contributed by atoms with Crippen LogP contribution < -0.4 is 5.32 Å². The summed E-state index contributed by atoms with van der Waals surface area (Å²) in [4.78, 5) is 18.9. The molecule has 6 nitrogen and oxygen atoms in total. The lowest BCUT2D eigenvalue weighted by molar-refractivity contribution is -0.384. The molecule has 0 aliphatic heterocycles. The van der Waals surface area contributed by atoms with Gasteiger partial charge in [-0.2, -0.15) is 0 Å². The predicted octanol–water partition coefficient (Wildman–Crippen LogP) is 3.15. The molecule has 1 aromatic heterocycles. The molecular formula is C15H12N4O2. The van der Waals surface area contributed by atoms with E-state index in [0.29, 0.717) is 12.4 Å². The highest BCUT2D eigenvalue weighted by Crippen LogP contribution is 2.14. The molecule has 0 radical (unpaired) electrons. The Morgan fingerprint density at radius 2 is 1.76 bits per heavy atom. The lowest BCUT2D eigenvalue weighted by atomic mass is 10.2. The van der Waals surface area contributed by atoms with Crippen molar-refractivity contribution in [2.24, 2.45) is 0 Å². The van der Waals surface area contributed by atoms with Gasteiger partial charge in [-0.25, -0.2) is 4.98 Å². The molecule has 0 amide bonds. The summed E-state index contributed by atoms with van der Waals surface area (Å²) in [6.07, 6.45) is 1.67. The number of nitrogens with zero attached hydrogens (tertiary/aromatic N) is 3. The van der Waals surface area contributed by atoms with Gasteiger partial charge in [-0.3, -0.25) is 15.1 Å². The van der Waals surface area contributed by atoms with Crippen molar-refractivity contribution in [2.45, 2.75) is 6.54 Å². The van der Waals surface area contributed by atoms with E-state index in [1.54, 1.807) is 18.3 Å². The molecule has 6 heteroatoms. The molecule has 0 unspecified atom stereocenters. The third-order valence-corrected chi connectivity index (χ3v) is 3.07. The quantitative estimate of drug-likeness (QED) is 0.586. The van der Waals surface area contributed by atoms with Gasteiger partial charge in [0.2, 0.25) is 0 Å². The van der Waals surface area contributed by atoms with Crippen molar-refractivity contribution < 1.29 is 4.92 Å². The molecule has 2 aromatic carbocycles. The second-order valence-electron chi connectivity index (χ2n) is 4.52. The highest BCUT2D eigenvalue weighted by atomic mass is 16.6. The van der Waals surface area contributed by atoms with Crippen LogP contribution >= 0.6 is 0 Å². The number of para-hydroxylation sites is 2. The maximum Gasteiger partial charge on any atom is 0.269 e. The van der Waals surface area contributed by atoms with Crippen LogP contribution in [0.25, 0.3) is 11.0 Å². The molecule has 1 heterocycles. The van der Waals surface area contributed by atoms with E-state index in [4.69, 9.17) is 0 Å². The number of benzene rings is 2. The van der Waals surface area contributed by atoms with Crippen LogP contribution in [0.1, 0.15) is 5.56 Å². The van der Waals surface area contributed by atoms with E-state index in [1.807, 2.05) is 24.3 Å². The van der Waals surface area contributed by atoms with E-state index in [2.05, 4.69) is 15.3 Å². The molecular weight excluding hydrogens is 268 g/mol. The number of rotatable bonds is 4. The van der Waals surface area contributed by atoms with Crippen LogP contribution in [0.15, 0.2) is 54.7 Å². The number of non-ortho nitro benzene ring substituents is 1. The van der Waals surface area contributed by atoms with Gasteiger partial charge in [-0.05, 0) is 17.7 Å². The van der Waals surface area contributed by atoms with E-state index >= 15 is 0 Å². The molecule has 0 spiro atoms. The Morgan fingerprint density at radius 3 is 2.48 bits per heavy atom. The van der Waals surface area contributed by atoms with Gasteiger partial charge >= 0.3 is 0 Å². The van der Waals surface area contributed by atoms with Crippen molar-refractivity contribution >= 4 is 22.5 Å². The van der Waals surface area contributed by atoms with Crippen LogP contribution in [0.4, 0.5) is 11.5 Å². The zero-order chi connectivity index (χ0) is 14.7. The summed E-state index contributed by atoms with van der Waals surface area (Å²) in [5.41, 5.74) is 2.70. The minimum Gasteiger partial charge on any atom is -0.365 e. The predicted molar refractivity (Wildman–Crippen MR) is 80.0 cm³/mol. The summed E-state index contributed by atoms with van der Waals surface area (Å²) in [6, 6.07) is 14.1. The Morgan fingerprint density at radius 1 is 1.05 bits per heavy atom. The van der Waals surface area contributed by atoms with Crippen LogP contribution in [0, 0.1) is 10.1 Å². The number of aromatic nitrogens is 2. The number of hydrogen-bond acceptors (Lipinski definition) is 5. The first kappa shape index (κ1) is 13.0. The molecule has 0 atom stereocenters. The first-order chi connectivity index (χ1) is 10.2. The van der Waals surface area contributed by atoms with Gasteiger partial charge in [0.15, 0.2) is 0 Å². The second kappa shape index (κ2) is 5.54. The average molecular weight is 280 g/mol. The molecule has 0 fully saturated rings. The van der Waals surface area contributed by atoms with Crippen LogP contribution in [-0.4, -0.2) is 14.9 Å². The molecule has 0 saturated heterocycles. The van der Waals surface area contributed by atoms with E-state index in [9.17, 15) is 10.1 Å². The number of nitro groups is 1. The van der Waals surface area contributed by atoms with Gasteiger partial charge in [0.05, 0.1) is 22.2 Å². The minimum atomic E-state index is -0.411. The second-order valence-corrected chi connectivity index (χ2v) is 4.52. The Hall–Kier alpha value is -3.02. The van der Waals surface area contributed by atoms with E-state index in [-0.39, 0.29) is 5.69 Å². The fourth-order valence-corrected chi connectivity index (χ4v) is 1.97. The Kier molecular flexibility index (Phi) is 3.42. The van der Waals surface area contributed by atoms with Crippen molar-refractivity contribution in [3.63, 3.8) is 0 Å². The number of fused-ring (bicyclic) bond motifs is 1. The fraction of sp³-hybridized carbons (Fsp3) is 0.0667. The van der Waals surface area contributed by atoms with Crippen molar-refractivity contribution in [1.82, 2.24) is 9.97 Å². The summed E-state index contributed by atoms with van der Waals surface area (Å²) in [7, 11) is 0. The highest BCUT2D eigenvalue weighted by molar-refractivity contribution is 5.75. The molecule has 0 saturated carbocycles. The monoisotopic (exact) mass is 280 g/mol. The summed E-state index contributed by atoms with van der Waals surface area (Å²) in [5.74, 6) is 0.673. The van der Waals surface area contributed by atoms with Gasteiger partial charge in [-0.1, -0.05) is 24.3 Å². The van der Waals surface area contributed by atoms with Gasteiger partial charge in [0.25, 0.3) is 5.69 Å². The van der Waals surface area contributed by atoms with Crippen LogP contribution in [-0.2, 0) is 6.54 Å². The first-order valence-electron chi connectivity index (χ1n) is 6.41. The Bertz CT molecular complexity index is 787. The van der Waals surface area contributed by atoms with E-state index < -0.39 is 4.92 Å². The Balaban J connectivity index is 1.72. The third kappa shape index (κ3) is 2.94. The Labute approximate surface area is 120 Å². The average Bonchev–Trinajstić information content (AvgIpc) is 2.53. The lowest BCUT2D eigenvalue weighted by Crippen LogP contribution is -2.02. The molecule has 0 bridgehead atoms. The van der Waals surface area contributed by atoms with Gasteiger partial charge in [0.1, 0.15) is 5.82 Å². The summed E-state index contributed by atoms with van der Waals surface area (Å²) < 4.78 is 0. The van der Waals surface area contributed by atoms with Gasteiger partial charge in [0, 0.05) is 18.7 Å². The number of nitro benzene ring substituents is 1. The molecule has 3 aromatic rings. The molecule has 1 N–H and O–H groups in total. The van der Waals surface area contributed by atoms with Crippen molar-refractivity contribution in [3.8, 4) is 0 Å². The first-order valence-corrected chi connectivity index (χ1v) is 6.41. The molecule has 0 aliphatic rings. The smallest absolute Gasteiger partial charge is 0.269 e. The molecule has 104 valence electrons. The summed E-state index contributed by atoms with van der Waals surface area (Å²) in [6.45, 7) is 0.533. The highest BCUT2D eigenvalue weighted by Gasteiger charge is 2.04. The third-order valence-electron chi connectivity index (χ3n) is 3.07. The normalized spacial score (nSPS) is 10.5. The minimum absolute atomic E-state index is 0.0873. The molecule has 0 aliphatic carbocycles. The maximum absolute atomic E-state index is 10.6. The van der Waals surface area contributed by atoms with Crippen molar-refractivity contribution in [3.05, 3.63) is 70.4 Å². The fourth-order valence-electron chi connectivity index (χ4n) is 1.97. The number of nitrogens with one attached hydrogen (secondary N) is 1. The number of hydrogen-bond donors (Lipinski definition) is 1. The van der Waals surface area contributed by atoms with E-state index in [0.717, 1.165) is 16.6 Å².